The van der Waals surface area contributed by atoms with Gasteiger partial charge in [0.15, 0.2) is 0 Å². The first-order chi connectivity index (χ1) is 2.89. The molecule has 0 aliphatic rings. The van der Waals surface area contributed by atoms with Crippen LogP contribution in [0.1, 0.15) is 5.82 Å². The average Bonchev–Trinajstić information content (AvgIpc) is 1.86. The van der Waals surface area contributed by atoms with Crippen molar-refractivity contribution in [3.05, 3.63) is 18.2 Å². The summed E-state index contributed by atoms with van der Waals surface area (Å²) in [6, 6.07) is 0. The Morgan fingerprint density at radius 1 is 1.62 bits per heavy atom. The normalized spacial score (nSPS) is 6.62. The third-order valence-corrected chi connectivity index (χ3v) is 0.635. The molecule has 1 N–H and O–H groups in total. The van der Waals surface area contributed by atoms with E-state index in [4.69, 9.17) is 0 Å². The molecule has 8 heavy (non-hydrogen) atoms. The molecule has 0 aromatic carbocycles. The van der Waals surface area contributed by atoms with Gasteiger partial charge in [0, 0.05) is 12.4 Å². The molecule has 0 bridgehead atoms. The zero-order valence-electron chi connectivity index (χ0n) is 4.01. The summed E-state index contributed by atoms with van der Waals surface area (Å²) in [7, 11) is 0. The Morgan fingerprint density at radius 3 is 2.38 bits per heavy atom. The van der Waals surface area contributed by atoms with E-state index >= 15 is 0 Å². The van der Waals surface area contributed by atoms with Gasteiger partial charge in [-0.2, -0.15) is 0 Å². The summed E-state index contributed by atoms with van der Waals surface area (Å²) in [4.78, 5) is 6.75. The number of imidazole rings is 1. The van der Waals surface area contributed by atoms with Gasteiger partial charge in [0.05, 0.1) is 0 Å². The van der Waals surface area contributed by atoms with Crippen LogP contribution in [0.15, 0.2) is 12.4 Å². The van der Waals surface area contributed by atoms with Crippen LogP contribution in [-0.2, 0) is 0 Å². The van der Waals surface area contributed by atoms with E-state index in [2.05, 4.69) is 9.97 Å². The molecule has 0 spiro atoms. The number of hydrogen-bond donors (Lipinski definition) is 1. The summed E-state index contributed by atoms with van der Waals surface area (Å²) in [5.74, 6) is 0.968. The number of aromatic amines is 1. The predicted molar refractivity (Wildman–Crippen MR) is 40.5 cm³/mol. The number of H-pyrrole nitrogens is 1. The first kappa shape index (κ1) is 11.2. The summed E-state index contributed by atoms with van der Waals surface area (Å²) in [5, 5.41) is 0. The van der Waals surface area contributed by atoms with Gasteiger partial charge in [-0.1, -0.05) is 0 Å². The van der Waals surface area contributed by atoms with E-state index in [1.54, 1.807) is 12.4 Å². The summed E-state index contributed by atoms with van der Waals surface area (Å²) >= 11 is 0. The van der Waals surface area contributed by atoms with Crippen molar-refractivity contribution in [3.63, 3.8) is 0 Å². The standard InChI is InChI=1S/C4H6N2.ClH.In.3H/c1-4-5-2-3-6-4;;;;;/h2-3H,1H3,(H,5,6);1H;;;;. The first-order valence-corrected chi connectivity index (χ1v) is 1.85. The van der Waals surface area contributed by atoms with Crippen molar-refractivity contribution in [3.8, 4) is 0 Å². The van der Waals surface area contributed by atoms with E-state index in [9.17, 15) is 0 Å². The second-order valence-electron chi connectivity index (χ2n) is 1.17. The fourth-order valence-corrected chi connectivity index (χ4v) is 0.344. The van der Waals surface area contributed by atoms with Crippen molar-refractivity contribution in [2.45, 2.75) is 6.92 Å². The fraction of sp³-hybridized carbons (Fsp3) is 0.250. The topological polar surface area (TPSA) is 28.7 Å². The van der Waals surface area contributed by atoms with Crippen molar-refractivity contribution in [1.29, 1.82) is 0 Å². The van der Waals surface area contributed by atoms with Gasteiger partial charge in [0.2, 0.25) is 0 Å². The number of halogens is 1. The summed E-state index contributed by atoms with van der Waals surface area (Å²) in [6.45, 7) is 1.92. The maximum absolute atomic E-state index is 3.86. The van der Waals surface area contributed by atoms with Gasteiger partial charge in [-0.05, 0) is 6.92 Å². The molecule has 1 aromatic rings. The molecule has 2 nitrogen and oxygen atoms in total. The number of nitrogens with one attached hydrogen (secondary N) is 1. The Balaban J connectivity index is 0. The molecule has 0 fully saturated rings. The van der Waals surface area contributed by atoms with Crippen LogP contribution < -0.4 is 0 Å². The SMILES string of the molecule is Cc1ncc[nH]1.Cl.[InH3]. The molecule has 1 rings (SSSR count). The summed E-state index contributed by atoms with van der Waals surface area (Å²) < 4.78 is 0. The van der Waals surface area contributed by atoms with Gasteiger partial charge in [-0.25, -0.2) is 4.98 Å². The Bertz CT molecular complexity index is 118. The number of nitrogens with zero attached hydrogens (tertiary/aromatic N) is 1. The molecule has 1 aromatic heterocycles. The van der Waals surface area contributed by atoms with Crippen molar-refractivity contribution < 1.29 is 0 Å². The second-order valence-corrected chi connectivity index (χ2v) is 1.17. The van der Waals surface area contributed by atoms with Gasteiger partial charge in [0.25, 0.3) is 0 Å². The molecule has 0 aliphatic carbocycles. The monoisotopic (exact) mass is 236 g/mol. The molecular weight excluding hydrogens is 226 g/mol. The van der Waals surface area contributed by atoms with E-state index in [0.29, 0.717) is 0 Å². The molecule has 0 amide bonds. The van der Waals surface area contributed by atoms with E-state index in [0.717, 1.165) is 5.82 Å². The molecule has 0 radical (unpaired) electrons. The van der Waals surface area contributed by atoms with Crippen LogP contribution in [0, 0.1) is 6.92 Å². The Hall–Kier alpha value is 0.370. The molecule has 1 heterocycles. The third kappa shape index (κ3) is 3.38. The van der Waals surface area contributed by atoms with Crippen LogP contribution in [0.4, 0.5) is 0 Å². The van der Waals surface area contributed by atoms with Crippen molar-refractivity contribution in [2.24, 2.45) is 0 Å². The number of aryl methyl sites for hydroxylation is 1. The van der Waals surface area contributed by atoms with Crippen LogP contribution in [0.5, 0.6) is 0 Å². The van der Waals surface area contributed by atoms with Crippen LogP contribution in [-0.4, -0.2) is 35.8 Å². The zero-order chi connectivity index (χ0) is 4.41. The molecule has 46 valence electrons. The molecule has 0 saturated heterocycles. The van der Waals surface area contributed by atoms with Crippen molar-refractivity contribution >= 4 is 38.3 Å². The minimum atomic E-state index is 0. The van der Waals surface area contributed by atoms with Crippen LogP contribution in [0.25, 0.3) is 0 Å². The van der Waals surface area contributed by atoms with Gasteiger partial charge >= 0.3 is 25.8 Å². The maximum atomic E-state index is 3.86. The van der Waals surface area contributed by atoms with Gasteiger partial charge in [0.1, 0.15) is 5.82 Å². The summed E-state index contributed by atoms with van der Waals surface area (Å²) in [5.41, 5.74) is 0. The quantitative estimate of drug-likeness (QED) is 0.673. The van der Waals surface area contributed by atoms with E-state index in [1.807, 2.05) is 6.92 Å². The molecular formula is C4H10ClInN2. The van der Waals surface area contributed by atoms with E-state index in [-0.39, 0.29) is 38.3 Å². The molecule has 4 heteroatoms. The van der Waals surface area contributed by atoms with Crippen molar-refractivity contribution in [1.82, 2.24) is 9.97 Å². The van der Waals surface area contributed by atoms with Crippen LogP contribution in [0.2, 0.25) is 0 Å². The predicted octanol–water partition coefficient (Wildman–Crippen LogP) is -0.0440. The van der Waals surface area contributed by atoms with E-state index < -0.39 is 0 Å². The molecule has 0 atom stereocenters. The number of aromatic nitrogens is 2. The zero-order valence-corrected chi connectivity index (χ0v) is 4.83. The third-order valence-electron chi connectivity index (χ3n) is 0.635. The van der Waals surface area contributed by atoms with Gasteiger partial charge < -0.3 is 4.98 Å². The van der Waals surface area contributed by atoms with Crippen LogP contribution >= 0.6 is 12.4 Å². The number of rotatable bonds is 0. The molecule has 0 unspecified atom stereocenters. The first-order valence-electron chi connectivity index (χ1n) is 1.85. The Morgan fingerprint density at radius 2 is 2.25 bits per heavy atom. The van der Waals surface area contributed by atoms with Crippen LogP contribution in [0.3, 0.4) is 0 Å². The molecule has 0 saturated carbocycles. The van der Waals surface area contributed by atoms with Gasteiger partial charge in [-0.15, -0.1) is 12.4 Å². The van der Waals surface area contributed by atoms with Crippen molar-refractivity contribution in [2.75, 3.05) is 0 Å². The second kappa shape index (κ2) is 5.51. The minimum absolute atomic E-state index is 0. The summed E-state index contributed by atoms with van der Waals surface area (Å²) in [6.07, 6.45) is 3.53. The fourth-order valence-electron chi connectivity index (χ4n) is 0.344. The van der Waals surface area contributed by atoms with Gasteiger partial charge in [-0.3, -0.25) is 0 Å². The average molecular weight is 236 g/mol. The Labute approximate surface area is 73.3 Å². The number of hydrogen-bond acceptors (Lipinski definition) is 1. The Kier molecular flexibility index (Phi) is 7.71. The molecule has 0 aliphatic heterocycles. The van der Waals surface area contributed by atoms with E-state index in [1.165, 1.54) is 0 Å².